The van der Waals surface area contributed by atoms with Gasteiger partial charge in [-0.05, 0) is 48.5 Å². The van der Waals surface area contributed by atoms with E-state index in [1.165, 1.54) is 0 Å². The number of amides is 1. The highest BCUT2D eigenvalue weighted by Crippen LogP contribution is 2.34. The van der Waals surface area contributed by atoms with Gasteiger partial charge < -0.3 is 24.7 Å². The Bertz CT molecular complexity index is 1190. The average Bonchev–Trinajstić information content (AvgIpc) is 3.46. The normalized spacial score (nSPS) is 11.9. The van der Waals surface area contributed by atoms with Crippen LogP contribution in [0.25, 0.3) is 5.69 Å². The molecule has 5 rings (SSSR count). The highest BCUT2D eigenvalue weighted by Gasteiger charge is 2.15. The van der Waals surface area contributed by atoms with E-state index in [2.05, 4.69) is 20.6 Å². The Kier molecular flexibility index (Phi) is 4.49. The molecule has 0 fully saturated rings. The van der Waals surface area contributed by atoms with Crippen LogP contribution < -0.4 is 20.1 Å². The number of rotatable bonds is 5. The largest absolute Gasteiger partial charge is 0.454 e. The first-order valence-corrected chi connectivity index (χ1v) is 9.27. The quantitative estimate of drug-likeness (QED) is 0.527. The summed E-state index contributed by atoms with van der Waals surface area (Å²) in [6.45, 7) is 0.190. The van der Waals surface area contributed by atoms with Gasteiger partial charge in [0, 0.05) is 47.3 Å². The lowest BCUT2D eigenvalue weighted by Gasteiger charge is -2.10. The summed E-state index contributed by atoms with van der Waals surface area (Å²) in [4.78, 5) is 21.0. The molecular weight excluding hydrogens is 382 g/mol. The van der Waals surface area contributed by atoms with Gasteiger partial charge in [0.2, 0.25) is 6.79 Å². The SMILES string of the molecule is O=C(Nc1ccc2c(c1)OCO2)c1ccnc(Nc2ccc(-n3ccnc3)cc2)c1. The molecule has 8 nitrogen and oxygen atoms in total. The summed E-state index contributed by atoms with van der Waals surface area (Å²) in [5, 5.41) is 6.08. The van der Waals surface area contributed by atoms with Gasteiger partial charge in [0.05, 0.1) is 6.33 Å². The number of imidazole rings is 1. The molecule has 1 aliphatic rings. The van der Waals surface area contributed by atoms with Crippen LogP contribution in [0.5, 0.6) is 11.5 Å². The number of fused-ring (bicyclic) bond motifs is 1. The second kappa shape index (κ2) is 7.59. The zero-order valence-corrected chi connectivity index (χ0v) is 15.8. The Morgan fingerprint density at radius 2 is 1.77 bits per heavy atom. The Hall–Kier alpha value is -4.33. The first-order chi connectivity index (χ1) is 14.7. The van der Waals surface area contributed by atoms with E-state index >= 15 is 0 Å². The zero-order chi connectivity index (χ0) is 20.3. The lowest BCUT2D eigenvalue weighted by Crippen LogP contribution is -2.12. The van der Waals surface area contributed by atoms with Gasteiger partial charge in [-0.3, -0.25) is 4.79 Å². The summed E-state index contributed by atoms with van der Waals surface area (Å²) in [6, 6.07) is 16.5. The van der Waals surface area contributed by atoms with Crippen molar-refractivity contribution in [2.75, 3.05) is 17.4 Å². The van der Waals surface area contributed by atoms with Crippen molar-refractivity contribution in [1.29, 1.82) is 0 Å². The number of carbonyl (C=O) groups is 1. The molecule has 2 aromatic carbocycles. The summed E-state index contributed by atoms with van der Waals surface area (Å²) in [5.41, 5.74) is 2.98. The fourth-order valence-corrected chi connectivity index (χ4v) is 3.09. The molecule has 8 heteroatoms. The van der Waals surface area contributed by atoms with Crippen LogP contribution in [0, 0.1) is 0 Å². The monoisotopic (exact) mass is 399 g/mol. The van der Waals surface area contributed by atoms with E-state index in [1.807, 2.05) is 35.0 Å². The van der Waals surface area contributed by atoms with Crippen molar-refractivity contribution in [3.05, 3.63) is 85.1 Å². The second-order valence-electron chi connectivity index (χ2n) is 6.59. The first-order valence-electron chi connectivity index (χ1n) is 9.27. The minimum Gasteiger partial charge on any atom is -0.454 e. The molecule has 0 saturated carbocycles. The van der Waals surface area contributed by atoms with Crippen molar-refractivity contribution in [2.24, 2.45) is 0 Å². The topological polar surface area (TPSA) is 90.3 Å². The number of nitrogens with zero attached hydrogens (tertiary/aromatic N) is 3. The van der Waals surface area contributed by atoms with Crippen LogP contribution in [0.1, 0.15) is 10.4 Å². The first kappa shape index (κ1) is 17.7. The van der Waals surface area contributed by atoms with Gasteiger partial charge >= 0.3 is 0 Å². The summed E-state index contributed by atoms with van der Waals surface area (Å²) < 4.78 is 12.6. The summed E-state index contributed by atoms with van der Waals surface area (Å²) in [6.07, 6.45) is 6.95. The van der Waals surface area contributed by atoms with E-state index < -0.39 is 0 Å². The fourth-order valence-electron chi connectivity index (χ4n) is 3.09. The molecule has 2 N–H and O–H groups in total. The predicted molar refractivity (Wildman–Crippen MR) is 112 cm³/mol. The standard InChI is InChI=1S/C22H17N5O3/c28-22(26-17-3-6-19-20(12-17)30-14-29-19)15-7-8-24-21(11-15)25-16-1-4-18(5-2-16)27-10-9-23-13-27/h1-13H,14H2,(H,24,25)(H,26,28). The van der Waals surface area contributed by atoms with Gasteiger partial charge in [-0.1, -0.05) is 0 Å². The maximum Gasteiger partial charge on any atom is 0.255 e. The van der Waals surface area contributed by atoms with Gasteiger partial charge in [-0.25, -0.2) is 9.97 Å². The molecule has 2 aromatic heterocycles. The number of hydrogen-bond donors (Lipinski definition) is 2. The molecule has 3 heterocycles. The number of pyridine rings is 1. The molecule has 1 amide bonds. The second-order valence-corrected chi connectivity index (χ2v) is 6.59. The van der Waals surface area contributed by atoms with Crippen molar-refractivity contribution < 1.29 is 14.3 Å². The van der Waals surface area contributed by atoms with Crippen molar-refractivity contribution in [3.63, 3.8) is 0 Å². The minimum absolute atomic E-state index is 0.190. The smallest absolute Gasteiger partial charge is 0.255 e. The van der Waals surface area contributed by atoms with Crippen LogP contribution >= 0.6 is 0 Å². The maximum absolute atomic E-state index is 12.6. The molecular formula is C22H17N5O3. The van der Waals surface area contributed by atoms with Crippen molar-refractivity contribution >= 4 is 23.1 Å². The molecule has 0 radical (unpaired) electrons. The number of aromatic nitrogens is 3. The highest BCUT2D eigenvalue weighted by atomic mass is 16.7. The van der Waals surface area contributed by atoms with E-state index in [0.29, 0.717) is 28.6 Å². The van der Waals surface area contributed by atoms with Gasteiger partial charge in [0.25, 0.3) is 5.91 Å². The molecule has 4 aromatic rings. The van der Waals surface area contributed by atoms with Crippen LogP contribution in [0.2, 0.25) is 0 Å². The molecule has 0 aliphatic carbocycles. The molecule has 0 bridgehead atoms. The number of anilines is 3. The van der Waals surface area contributed by atoms with Gasteiger partial charge in [0.1, 0.15) is 5.82 Å². The number of hydrogen-bond acceptors (Lipinski definition) is 6. The third-order valence-corrected chi connectivity index (χ3v) is 4.59. The van der Waals surface area contributed by atoms with E-state index in [1.54, 1.807) is 49.1 Å². The van der Waals surface area contributed by atoms with Gasteiger partial charge in [-0.2, -0.15) is 0 Å². The number of benzene rings is 2. The summed E-state index contributed by atoms with van der Waals surface area (Å²) >= 11 is 0. The molecule has 148 valence electrons. The summed E-state index contributed by atoms with van der Waals surface area (Å²) in [5.74, 6) is 1.62. The molecule has 0 spiro atoms. The Morgan fingerprint density at radius 3 is 2.60 bits per heavy atom. The predicted octanol–water partition coefficient (Wildman–Crippen LogP) is 3.99. The van der Waals surface area contributed by atoms with E-state index in [0.717, 1.165) is 11.4 Å². The Morgan fingerprint density at radius 1 is 0.933 bits per heavy atom. The molecule has 0 atom stereocenters. The van der Waals surface area contributed by atoms with Crippen LogP contribution in [0.4, 0.5) is 17.2 Å². The van der Waals surface area contributed by atoms with Crippen molar-refractivity contribution in [2.45, 2.75) is 0 Å². The number of carbonyl (C=O) groups excluding carboxylic acids is 1. The maximum atomic E-state index is 12.6. The number of nitrogens with one attached hydrogen (secondary N) is 2. The third-order valence-electron chi connectivity index (χ3n) is 4.59. The van der Waals surface area contributed by atoms with Crippen molar-refractivity contribution in [3.8, 4) is 17.2 Å². The molecule has 0 saturated heterocycles. The lowest BCUT2D eigenvalue weighted by atomic mass is 10.2. The summed E-state index contributed by atoms with van der Waals surface area (Å²) in [7, 11) is 0. The minimum atomic E-state index is -0.241. The van der Waals surface area contributed by atoms with Crippen LogP contribution in [-0.2, 0) is 0 Å². The Labute approximate surface area is 172 Å². The fraction of sp³-hybridized carbons (Fsp3) is 0.0455. The van der Waals surface area contributed by atoms with E-state index in [-0.39, 0.29) is 12.7 Å². The Balaban J connectivity index is 1.28. The average molecular weight is 399 g/mol. The van der Waals surface area contributed by atoms with Crippen LogP contribution in [0.15, 0.2) is 79.5 Å². The van der Waals surface area contributed by atoms with Gasteiger partial charge in [-0.15, -0.1) is 0 Å². The van der Waals surface area contributed by atoms with Gasteiger partial charge in [0.15, 0.2) is 11.5 Å². The van der Waals surface area contributed by atoms with Crippen molar-refractivity contribution in [1.82, 2.24) is 14.5 Å². The lowest BCUT2D eigenvalue weighted by molar-refractivity contribution is 0.102. The van der Waals surface area contributed by atoms with Crippen LogP contribution in [-0.4, -0.2) is 27.2 Å². The third kappa shape index (κ3) is 3.66. The van der Waals surface area contributed by atoms with E-state index in [4.69, 9.17) is 9.47 Å². The van der Waals surface area contributed by atoms with Crippen LogP contribution in [0.3, 0.4) is 0 Å². The molecule has 0 unspecified atom stereocenters. The zero-order valence-electron chi connectivity index (χ0n) is 15.8. The number of ether oxygens (including phenoxy) is 2. The van der Waals surface area contributed by atoms with E-state index in [9.17, 15) is 4.79 Å². The molecule has 30 heavy (non-hydrogen) atoms. The molecule has 1 aliphatic heterocycles. The highest BCUT2D eigenvalue weighted by molar-refractivity contribution is 6.04.